The van der Waals surface area contributed by atoms with E-state index in [9.17, 15) is 0 Å². The third kappa shape index (κ3) is 5.01. The normalized spacial score (nSPS) is 12.0. The van der Waals surface area contributed by atoms with E-state index in [0.29, 0.717) is 0 Å². The average molecular weight is 755 g/mol. The summed E-state index contributed by atoms with van der Waals surface area (Å²) in [5.74, 6) is 0. The second-order valence-corrected chi connectivity index (χ2v) is 17.7. The van der Waals surface area contributed by atoms with Crippen LogP contribution in [-0.2, 0) is 0 Å². The van der Waals surface area contributed by atoms with E-state index in [-0.39, 0.29) is 0 Å². The fourth-order valence-corrected chi connectivity index (χ4v) is 11.8. The maximum atomic E-state index is 6.63. The minimum absolute atomic E-state index is 0.893. The molecule has 6 aromatic carbocycles. The van der Waals surface area contributed by atoms with Gasteiger partial charge in [0.25, 0.3) is 0 Å². The van der Waals surface area contributed by atoms with E-state index in [2.05, 4.69) is 146 Å². The van der Waals surface area contributed by atoms with Crippen LogP contribution in [0.25, 0.3) is 116 Å². The van der Waals surface area contributed by atoms with Crippen LogP contribution in [0.4, 0.5) is 0 Å². The highest BCUT2D eigenvalue weighted by molar-refractivity contribution is 7.29. The predicted octanol–water partition coefficient (Wildman–Crippen LogP) is 16.8. The van der Waals surface area contributed by atoms with E-state index in [1.807, 2.05) is 22.7 Å². The fraction of sp³-hybridized carbons (Fsp3) is 0.0638. The van der Waals surface area contributed by atoms with E-state index in [1.54, 1.807) is 22.7 Å². The molecule has 0 unspecified atom stereocenters. The van der Waals surface area contributed by atoms with Gasteiger partial charge >= 0.3 is 0 Å². The van der Waals surface area contributed by atoms with E-state index in [4.69, 9.17) is 8.83 Å². The third-order valence-corrected chi connectivity index (χ3v) is 14.4. The summed E-state index contributed by atoms with van der Waals surface area (Å²) in [6, 6.07) is 44.5. The lowest BCUT2D eigenvalue weighted by atomic mass is 10.00. The zero-order valence-corrected chi connectivity index (χ0v) is 32.1. The second-order valence-electron chi connectivity index (χ2n) is 13.6. The molecule has 0 spiro atoms. The number of thiophene rings is 4. The van der Waals surface area contributed by atoms with Crippen LogP contribution in [0.2, 0.25) is 0 Å². The molecule has 0 fully saturated rings. The topological polar surface area (TPSA) is 26.3 Å². The Balaban J connectivity index is 0.00000107. The molecule has 0 aliphatic rings. The lowest BCUT2D eigenvalue weighted by molar-refractivity contribution is 0.672. The summed E-state index contributed by atoms with van der Waals surface area (Å²) >= 11 is 7.32. The molecule has 12 rings (SSSR count). The van der Waals surface area contributed by atoms with Gasteiger partial charge in [-0.3, -0.25) is 0 Å². The first kappa shape index (κ1) is 31.3. The summed E-state index contributed by atoms with van der Waals surface area (Å²) < 4.78 is 18.7. The minimum atomic E-state index is 0.893. The first-order chi connectivity index (χ1) is 26.1. The molecule has 6 heterocycles. The summed E-state index contributed by atoms with van der Waals surface area (Å²) in [6.45, 7) is 4.25. The maximum absolute atomic E-state index is 6.63. The number of furan rings is 2. The molecular formula is C47H30O2S4. The zero-order valence-electron chi connectivity index (χ0n) is 28.9. The second kappa shape index (κ2) is 12.2. The van der Waals surface area contributed by atoms with Crippen molar-refractivity contribution in [3.63, 3.8) is 0 Å². The lowest BCUT2D eigenvalue weighted by Gasteiger charge is -2.03. The molecule has 254 valence electrons. The van der Waals surface area contributed by atoms with Crippen LogP contribution in [0, 0.1) is 0 Å². The van der Waals surface area contributed by atoms with E-state index in [0.717, 1.165) is 65.8 Å². The van der Waals surface area contributed by atoms with Crippen LogP contribution in [0.15, 0.2) is 141 Å². The number of rotatable bonds is 3. The summed E-state index contributed by atoms with van der Waals surface area (Å²) in [6.07, 6.45) is 1.25. The maximum Gasteiger partial charge on any atom is 0.143 e. The summed E-state index contributed by atoms with van der Waals surface area (Å²) in [5, 5.41) is 13.5. The molecule has 0 atom stereocenters. The number of benzene rings is 6. The smallest absolute Gasteiger partial charge is 0.143 e. The van der Waals surface area contributed by atoms with Crippen molar-refractivity contribution in [2.24, 2.45) is 0 Å². The van der Waals surface area contributed by atoms with Gasteiger partial charge in [-0.25, -0.2) is 0 Å². The van der Waals surface area contributed by atoms with Gasteiger partial charge in [-0.15, -0.1) is 45.3 Å². The SMILES string of the molecule is CCC.c1cc2sc(-c3ccc4c(ccc5c6ccc(-c7ccc8c(c7)oc7c9ccc(-c%10cc%11sccc%11s%10)cc9ccc87)cc6oc45)c3)cc2s1. The number of fused-ring (bicyclic) bond motifs is 12. The van der Waals surface area contributed by atoms with Crippen molar-refractivity contribution in [2.75, 3.05) is 0 Å². The van der Waals surface area contributed by atoms with Crippen molar-refractivity contribution < 1.29 is 8.83 Å². The van der Waals surface area contributed by atoms with Crippen molar-refractivity contribution in [3.8, 4) is 32.0 Å². The Kier molecular flexibility index (Phi) is 7.18. The molecule has 12 aromatic rings. The van der Waals surface area contributed by atoms with Gasteiger partial charge in [-0.2, -0.15) is 0 Å². The highest BCUT2D eigenvalue weighted by Crippen LogP contribution is 2.43. The van der Waals surface area contributed by atoms with Gasteiger partial charge in [-0.1, -0.05) is 56.7 Å². The summed E-state index contributed by atoms with van der Waals surface area (Å²) in [5.41, 5.74) is 8.38. The van der Waals surface area contributed by atoms with E-state index in [1.165, 1.54) is 56.9 Å². The predicted molar refractivity (Wildman–Crippen MR) is 235 cm³/mol. The zero-order chi connectivity index (χ0) is 35.2. The van der Waals surface area contributed by atoms with Crippen LogP contribution in [0.5, 0.6) is 0 Å². The fourth-order valence-electron chi connectivity index (χ4n) is 7.61. The highest BCUT2D eigenvalue weighted by atomic mass is 32.1. The van der Waals surface area contributed by atoms with Crippen molar-refractivity contribution in [3.05, 3.63) is 132 Å². The number of hydrogen-bond donors (Lipinski definition) is 0. The Morgan fingerprint density at radius 2 is 0.811 bits per heavy atom. The molecule has 53 heavy (non-hydrogen) atoms. The van der Waals surface area contributed by atoms with Crippen LogP contribution in [0.1, 0.15) is 20.3 Å². The summed E-state index contributed by atoms with van der Waals surface area (Å²) in [7, 11) is 0. The quantitative estimate of drug-likeness (QED) is 0.180. The Hall–Kier alpha value is -5.24. The van der Waals surface area contributed by atoms with Crippen LogP contribution in [-0.4, -0.2) is 0 Å². The first-order valence-electron chi connectivity index (χ1n) is 17.8. The molecular weight excluding hydrogens is 725 g/mol. The van der Waals surface area contributed by atoms with Crippen molar-refractivity contribution in [2.45, 2.75) is 20.3 Å². The number of hydrogen-bond acceptors (Lipinski definition) is 6. The molecule has 0 N–H and O–H groups in total. The molecule has 0 aliphatic heterocycles. The lowest BCUT2D eigenvalue weighted by Crippen LogP contribution is -1.78. The third-order valence-electron chi connectivity index (χ3n) is 10.1. The van der Waals surface area contributed by atoms with Crippen molar-refractivity contribution in [1.29, 1.82) is 0 Å². The molecule has 2 nitrogen and oxygen atoms in total. The Bertz CT molecular complexity index is 3080. The van der Waals surface area contributed by atoms with Gasteiger partial charge in [-0.05, 0) is 129 Å². The first-order valence-corrected chi connectivity index (χ1v) is 21.2. The van der Waals surface area contributed by atoms with Crippen LogP contribution >= 0.6 is 45.3 Å². The van der Waals surface area contributed by atoms with Gasteiger partial charge in [0.2, 0.25) is 0 Å². The largest absolute Gasteiger partial charge is 0.455 e. The molecule has 0 radical (unpaired) electrons. The minimum Gasteiger partial charge on any atom is -0.455 e. The van der Waals surface area contributed by atoms with E-state index >= 15 is 0 Å². The Labute approximate surface area is 320 Å². The Morgan fingerprint density at radius 1 is 0.396 bits per heavy atom. The molecule has 6 heteroatoms. The van der Waals surface area contributed by atoms with Gasteiger partial charge in [0, 0.05) is 60.9 Å². The van der Waals surface area contributed by atoms with Gasteiger partial charge in [0.1, 0.15) is 22.3 Å². The standard InChI is InChI=1S/C44H22O2S4.C3H8/c1-9-31-33-11-3-25-17-27(39-21-41-37(49-39)13-15-47-41)5-7-29(25)43(33)45-35(31)19-23(1)24-2-10-32-34-12-4-26-18-28(40-22-42-38(50-40)14-16-48-42)6-8-30(26)44(34)46-36(32)20-24;1-3-2/h1-22H;3H2,1-2H3. The van der Waals surface area contributed by atoms with Crippen LogP contribution in [0.3, 0.4) is 0 Å². The van der Waals surface area contributed by atoms with Crippen molar-refractivity contribution >= 4 is 130 Å². The van der Waals surface area contributed by atoms with Gasteiger partial charge in [0.05, 0.1) is 0 Å². The average Bonchev–Trinajstić information content (AvgIpc) is 4.03. The molecule has 0 aliphatic carbocycles. The molecule has 0 amide bonds. The molecule has 6 aromatic heterocycles. The summed E-state index contributed by atoms with van der Waals surface area (Å²) in [4.78, 5) is 2.61. The monoisotopic (exact) mass is 754 g/mol. The van der Waals surface area contributed by atoms with Gasteiger partial charge < -0.3 is 8.83 Å². The molecule has 0 bridgehead atoms. The molecule has 0 saturated carbocycles. The van der Waals surface area contributed by atoms with Gasteiger partial charge in [0.15, 0.2) is 0 Å². The van der Waals surface area contributed by atoms with E-state index < -0.39 is 0 Å². The Morgan fingerprint density at radius 3 is 1.26 bits per heavy atom. The van der Waals surface area contributed by atoms with Crippen molar-refractivity contribution in [1.82, 2.24) is 0 Å². The highest BCUT2D eigenvalue weighted by Gasteiger charge is 2.16. The molecule has 0 saturated heterocycles. The van der Waals surface area contributed by atoms with Crippen LogP contribution < -0.4 is 0 Å².